The van der Waals surface area contributed by atoms with Gasteiger partial charge in [0.2, 0.25) is 11.8 Å². The standard InChI is InChI=1S/C18H19BrN2O2/c1-13-4-2-5-14(10-13)11-17(22)21-9-7-15(12-21)23-18-16(19)6-3-8-20-18/h2-6,8,10,15H,7,9,11-12H2,1H3. The Kier molecular flexibility index (Phi) is 4.96. The molecule has 2 heterocycles. The number of benzene rings is 1. The fourth-order valence-corrected chi connectivity index (χ4v) is 3.12. The monoisotopic (exact) mass is 374 g/mol. The second kappa shape index (κ2) is 7.13. The molecule has 2 aromatic rings. The number of ether oxygens (including phenoxy) is 1. The zero-order valence-electron chi connectivity index (χ0n) is 13.0. The molecule has 1 aliphatic rings. The first-order chi connectivity index (χ1) is 11.1. The lowest BCUT2D eigenvalue weighted by Crippen LogP contribution is -2.32. The third-order valence-corrected chi connectivity index (χ3v) is 4.54. The summed E-state index contributed by atoms with van der Waals surface area (Å²) >= 11 is 3.43. The van der Waals surface area contributed by atoms with E-state index in [-0.39, 0.29) is 12.0 Å². The van der Waals surface area contributed by atoms with Crippen molar-refractivity contribution in [1.82, 2.24) is 9.88 Å². The summed E-state index contributed by atoms with van der Waals surface area (Å²) in [5.41, 5.74) is 2.24. The molecule has 1 aromatic carbocycles. The number of aryl methyl sites for hydroxylation is 1. The molecule has 1 fully saturated rings. The van der Waals surface area contributed by atoms with Gasteiger partial charge in [-0.25, -0.2) is 4.98 Å². The number of rotatable bonds is 4. The summed E-state index contributed by atoms with van der Waals surface area (Å²) in [5.74, 6) is 0.743. The van der Waals surface area contributed by atoms with Gasteiger partial charge in [-0.1, -0.05) is 29.8 Å². The molecule has 4 nitrogen and oxygen atoms in total. The highest BCUT2D eigenvalue weighted by Crippen LogP contribution is 2.24. The summed E-state index contributed by atoms with van der Waals surface area (Å²) in [7, 11) is 0. The van der Waals surface area contributed by atoms with Gasteiger partial charge in [-0.05, 0) is 40.5 Å². The van der Waals surface area contributed by atoms with Crippen LogP contribution in [0.5, 0.6) is 5.88 Å². The van der Waals surface area contributed by atoms with Crippen molar-refractivity contribution in [3.8, 4) is 5.88 Å². The molecule has 3 rings (SSSR count). The van der Waals surface area contributed by atoms with Crippen molar-refractivity contribution >= 4 is 21.8 Å². The lowest BCUT2D eigenvalue weighted by molar-refractivity contribution is -0.129. The molecule has 120 valence electrons. The van der Waals surface area contributed by atoms with Gasteiger partial charge in [0.25, 0.3) is 0 Å². The number of hydrogen-bond acceptors (Lipinski definition) is 3. The fourth-order valence-electron chi connectivity index (χ4n) is 2.78. The van der Waals surface area contributed by atoms with Gasteiger partial charge < -0.3 is 9.64 Å². The second-order valence-electron chi connectivity index (χ2n) is 5.82. The molecule has 1 unspecified atom stereocenters. The molecular formula is C18H19BrN2O2. The summed E-state index contributed by atoms with van der Waals surface area (Å²) in [5, 5.41) is 0. The average molecular weight is 375 g/mol. The summed E-state index contributed by atoms with van der Waals surface area (Å²) in [4.78, 5) is 18.5. The van der Waals surface area contributed by atoms with Crippen molar-refractivity contribution in [2.75, 3.05) is 13.1 Å². The number of nitrogens with zero attached hydrogens (tertiary/aromatic N) is 2. The molecule has 0 N–H and O–H groups in total. The van der Waals surface area contributed by atoms with E-state index in [1.165, 1.54) is 5.56 Å². The van der Waals surface area contributed by atoms with Crippen LogP contribution in [0.15, 0.2) is 47.1 Å². The minimum absolute atomic E-state index is 0.00246. The number of aromatic nitrogens is 1. The Hall–Kier alpha value is -1.88. The number of amides is 1. The predicted octanol–water partition coefficient (Wildman–Crippen LogP) is 3.37. The zero-order valence-corrected chi connectivity index (χ0v) is 14.6. The summed E-state index contributed by atoms with van der Waals surface area (Å²) in [6, 6.07) is 11.8. The van der Waals surface area contributed by atoms with Crippen molar-refractivity contribution < 1.29 is 9.53 Å². The first-order valence-corrected chi connectivity index (χ1v) is 8.51. The average Bonchev–Trinajstić information content (AvgIpc) is 2.98. The van der Waals surface area contributed by atoms with Crippen LogP contribution in [0.1, 0.15) is 17.5 Å². The van der Waals surface area contributed by atoms with Gasteiger partial charge in [-0.15, -0.1) is 0 Å². The van der Waals surface area contributed by atoms with E-state index in [0.717, 1.165) is 23.0 Å². The molecule has 0 spiro atoms. The molecule has 5 heteroatoms. The Morgan fingerprint density at radius 1 is 1.39 bits per heavy atom. The lowest BCUT2D eigenvalue weighted by atomic mass is 10.1. The first-order valence-electron chi connectivity index (χ1n) is 7.72. The topological polar surface area (TPSA) is 42.4 Å². The van der Waals surface area contributed by atoms with Crippen molar-refractivity contribution in [2.45, 2.75) is 25.9 Å². The highest BCUT2D eigenvalue weighted by Gasteiger charge is 2.28. The van der Waals surface area contributed by atoms with Gasteiger partial charge in [-0.3, -0.25) is 4.79 Å². The highest BCUT2D eigenvalue weighted by atomic mass is 79.9. The minimum atomic E-state index is 0.00246. The highest BCUT2D eigenvalue weighted by molar-refractivity contribution is 9.10. The Bertz CT molecular complexity index is 705. The van der Waals surface area contributed by atoms with Crippen LogP contribution in [-0.4, -0.2) is 35.0 Å². The number of carbonyl (C=O) groups is 1. The summed E-state index contributed by atoms with van der Waals surface area (Å²) < 4.78 is 6.74. The lowest BCUT2D eigenvalue weighted by Gasteiger charge is -2.17. The van der Waals surface area contributed by atoms with Crippen LogP contribution in [0.25, 0.3) is 0 Å². The van der Waals surface area contributed by atoms with Gasteiger partial charge in [0.15, 0.2) is 0 Å². The van der Waals surface area contributed by atoms with E-state index in [1.807, 2.05) is 42.2 Å². The number of carbonyl (C=O) groups excluding carboxylic acids is 1. The molecule has 0 saturated carbocycles. The van der Waals surface area contributed by atoms with Crippen LogP contribution in [-0.2, 0) is 11.2 Å². The van der Waals surface area contributed by atoms with Crippen molar-refractivity contribution in [3.63, 3.8) is 0 Å². The van der Waals surface area contributed by atoms with Gasteiger partial charge in [0.1, 0.15) is 6.10 Å². The molecule has 1 amide bonds. The quantitative estimate of drug-likeness (QED) is 0.823. The Labute approximate surface area is 144 Å². The van der Waals surface area contributed by atoms with Crippen molar-refractivity contribution in [2.24, 2.45) is 0 Å². The van der Waals surface area contributed by atoms with Gasteiger partial charge >= 0.3 is 0 Å². The van der Waals surface area contributed by atoms with Crippen LogP contribution in [0, 0.1) is 6.92 Å². The summed E-state index contributed by atoms with van der Waals surface area (Å²) in [6.07, 6.45) is 2.99. The molecule has 1 aromatic heterocycles. The third-order valence-electron chi connectivity index (χ3n) is 3.94. The van der Waals surface area contributed by atoms with Crippen LogP contribution >= 0.6 is 15.9 Å². The van der Waals surface area contributed by atoms with E-state index in [0.29, 0.717) is 18.8 Å². The molecule has 1 aliphatic heterocycles. The van der Waals surface area contributed by atoms with Gasteiger partial charge in [0.05, 0.1) is 17.4 Å². The van der Waals surface area contributed by atoms with Crippen LogP contribution in [0.3, 0.4) is 0 Å². The number of halogens is 1. The van der Waals surface area contributed by atoms with Crippen LogP contribution in [0.4, 0.5) is 0 Å². The maximum Gasteiger partial charge on any atom is 0.228 e. The van der Waals surface area contributed by atoms with Gasteiger partial charge in [-0.2, -0.15) is 0 Å². The van der Waals surface area contributed by atoms with E-state index in [4.69, 9.17) is 4.74 Å². The van der Waals surface area contributed by atoms with E-state index in [2.05, 4.69) is 27.0 Å². The van der Waals surface area contributed by atoms with E-state index >= 15 is 0 Å². The minimum Gasteiger partial charge on any atom is -0.472 e. The molecule has 0 radical (unpaired) electrons. The fraction of sp³-hybridized carbons (Fsp3) is 0.333. The van der Waals surface area contributed by atoms with Crippen molar-refractivity contribution in [3.05, 3.63) is 58.2 Å². The molecule has 1 saturated heterocycles. The Morgan fingerprint density at radius 2 is 2.26 bits per heavy atom. The third kappa shape index (κ3) is 4.10. The maximum absolute atomic E-state index is 12.4. The smallest absolute Gasteiger partial charge is 0.228 e. The number of hydrogen-bond donors (Lipinski definition) is 0. The SMILES string of the molecule is Cc1cccc(CC(=O)N2CCC(Oc3ncccc3Br)C2)c1. The second-order valence-corrected chi connectivity index (χ2v) is 6.68. The number of pyridine rings is 1. The normalized spacial score (nSPS) is 17.3. The first kappa shape index (κ1) is 16.0. The van der Waals surface area contributed by atoms with E-state index < -0.39 is 0 Å². The largest absolute Gasteiger partial charge is 0.472 e. The predicted molar refractivity (Wildman–Crippen MR) is 92.4 cm³/mol. The maximum atomic E-state index is 12.4. The molecule has 0 bridgehead atoms. The van der Waals surface area contributed by atoms with Gasteiger partial charge in [0, 0.05) is 19.2 Å². The van der Waals surface area contributed by atoms with Crippen LogP contribution < -0.4 is 4.74 Å². The molecule has 23 heavy (non-hydrogen) atoms. The zero-order chi connectivity index (χ0) is 16.2. The van der Waals surface area contributed by atoms with E-state index in [1.54, 1.807) is 6.20 Å². The molecular weight excluding hydrogens is 356 g/mol. The Morgan fingerprint density at radius 3 is 3.04 bits per heavy atom. The summed E-state index contributed by atoms with van der Waals surface area (Å²) in [6.45, 7) is 3.39. The molecule has 1 atom stereocenters. The van der Waals surface area contributed by atoms with E-state index in [9.17, 15) is 4.79 Å². The number of likely N-dealkylation sites (tertiary alicyclic amines) is 1. The molecule has 0 aliphatic carbocycles. The Balaban J connectivity index is 1.57. The van der Waals surface area contributed by atoms with Crippen LogP contribution in [0.2, 0.25) is 0 Å². The van der Waals surface area contributed by atoms with Crippen molar-refractivity contribution in [1.29, 1.82) is 0 Å².